The zero-order valence-electron chi connectivity index (χ0n) is 20.0. The first-order valence-electron chi connectivity index (χ1n) is 11.8. The summed E-state index contributed by atoms with van der Waals surface area (Å²) in [6, 6.07) is 17.3. The van der Waals surface area contributed by atoms with Gasteiger partial charge in [-0.3, -0.25) is 29.1 Å². The van der Waals surface area contributed by atoms with Gasteiger partial charge in [0.05, 0.1) is 39.8 Å². The molecule has 9 heteroatoms. The minimum atomic E-state index is -0.831. The van der Waals surface area contributed by atoms with Crippen molar-refractivity contribution in [3.05, 3.63) is 95.3 Å². The van der Waals surface area contributed by atoms with Crippen LogP contribution < -0.4 is 5.32 Å². The van der Waals surface area contributed by atoms with Gasteiger partial charge in [0.1, 0.15) is 0 Å². The molecule has 1 unspecified atom stereocenters. The molecule has 3 heterocycles. The molecule has 0 bridgehead atoms. The number of aromatic nitrogens is 1. The molecule has 1 atom stereocenters. The maximum Gasteiger partial charge on any atom is 0.310 e. The fourth-order valence-corrected chi connectivity index (χ4v) is 5.26. The van der Waals surface area contributed by atoms with Crippen LogP contribution in [0.1, 0.15) is 44.7 Å². The molecule has 2 aromatic carbocycles. The summed E-state index contributed by atoms with van der Waals surface area (Å²) >= 11 is 1.39. The smallest absolute Gasteiger partial charge is 0.310 e. The Morgan fingerprint density at radius 1 is 1.03 bits per heavy atom. The molecule has 8 nitrogen and oxygen atoms in total. The Labute approximate surface area is 216 Å². The van der Waals surface area contributed by atoms with E-state index in [2.05, 4.69) is 10.3 Å². The van der Waals surface area contributed by atoms with Crippen LogP contribution in [0.5, 0.6) is 0 Å². The standard InChI is InChI=1S/C28H23N3O5S/c1-2-36-25(32)13-17-7-9-18(10-8-17)22(16-31-27(34)20-5-3-4-6-21(20)28(31)35)26(33)30-24-14-19-11-12-29-15-23(19)37-24/h3-12,14-15,22H,2,13,16H2,1H3,(H,30,33). The Morgan fingerprint density at radius 3 is 2.38 bits per heavy atom. The van der Waals surface area contributed by atoms with Crippen molar-refractivity contribution in [2.24, 2.45) is 0 Å². The Bertz CT molecular complexity index is 1440. The summed E-state index contributed by atoms with van der Waals surface area (Å²) in [4.78, 5) is 56.7. The number of nitrogens with zero attached hydrogens (tertiary/aromatic N) is 2. The van der Waals surface area contributed by atoms with E-state index in [1.165, 1.54) is 11.3 Å². The van der Waals surface area contributed by atoms with Crippen LogP contribution in [0, 0.1) is 0 Å². The number of pyridine rings is 1. The van der Waals surface area contributed by atoms with Crippen LogP contribution in [0.25, 0.3) is 10.1 Å². The van der Waals surface area contributed by atoms with E-state index in [9.17, 15) is 19.2 Å². The number of carbonyl (C=O) groups excluding carboxylic acids is 4. The van der Waals surface area contributed by atoms with Gasteiger partial charge in [0.25, 0.3) is 11.8 Å². The first-order valence-corrected chi connectivity index (χ1v) is 12.6. The summed E-state index contributed by atoms with van der Waals surface area (Å²) in [6.07, 6.45) is 3.52. The Balaban J connectivity index is 1.42. The number of nitrogens with one attached hydrogen (secondary N) is 1. The second-order valence-electron chi connectivity index (χ2n) is 8.56. The van der Waals surface area contributed by atoms with E-state index in [4.69, 9.17) is 4.74 Å². The molecule has 3 amide bonds. The molecule has 1 aliphatic heterocycles. The largest absolute Gasteiger partial charge is 0.466 e. The molecular weight excluding hydrogens is 490 g/mol. The number of amides is 3. The van der Waals surface area contributed by atoms with Crippen molar-refractivity contribution in [1.29, 1.82) is 0 Å². The van der Waals surface area contributed by atoms with Crippen LogP contribution in [0.2, 0.25) is 0 Å². The predicted octanol–water partition coefficient (Wildman–Crippen LogP) is 4.42. The number of ether oxygens (including phenoxy) is 1. The van der Waals surface area contributed by atoms with Crippen LogP contribution in [0.3, 0.4) is 0 Å². The van der Waals surface area contributed by atoms with Gasteiger partial charge in [0.2, 0.25) is 5.91 Å². The summed E-state index contributed by atoms with van der Waals surface area (Å²) in [7, 11) is 0. The van der Waals surface area contributed by atoms with E-state index >= 15 is 0 Å². The van der Waals surface area contributed by atoms with Crippen LogP contribution in [0.4, 0.5) is 5.00 Å². The molecule has 37 heavy (non-hydrogen) atoms. The minimum Gasteiger partial charge on any atom is -0.466 e. The number of carbonyl (C=O) groups is 4. The third-order valence-corrected chi connectivity index (χ3v) is 7.17. The lowest BCUT2D eigenvalue weighted by atomic mass is 9.95. The normalized spacial score (nSPS) is 13.5. The van der Waals surface area contributed by atoms with Gasteiger partial charge in [-0.25, -0.2) is 0 Å². The Kier molecular flexibility index (Phi) is 6.78. The molecule has 1 N–H and O–H groups in total. The van der Waals surface area contributed by atoms with Crippen LogP contribution in [-0.2, 0) is 20.7 Å². The maximum atomic E-state index is 13.6. The summed E-state index contributed by atoms with van der Waals surface area (Å²) in [5, 5.41) is 4.54. The third kappa shape index (κ3) is 4.99. The van der Waals surface area contributed by atoms with Gasteiger partial charge in [-0.05, 0) is 47.7 Å². The lowest BCUT2D eigenvalue weighted by Crippen LogP contribution is -2.38. The van der Waals surface area contributed by atoms with Crippen LogP contribution >= 0.6 is 11.3 Å². The average Bonchev–Trinajstić information content (AvgIpc) is 3.41. The lowest BCUT2D eigenvalue weighted by Gasteiger charge is -2.22. The number of anilines is 1. The first kappa shape index (κ1) is 24.3. The molecular formula is C28H23N3O5S. The summed E-state index contributed by atoms with van der Waals surface area (Å²) in [6.45, 7) is 1.92. The number of benzene rings is 2. The number of rotatable bonds is 8. The Morgan fingerprint density at radius 2 is 1.73 bits per heavy atom. The molecule has 4 aromatic rings. The average molecular weight is 514 g/mol. The van der Waals surface area contributed by atoms with Gasteiger partial charge in [0.15, 0.2) is 0 Å². The first-order chi connectivity index (χ1) is 17.9. The second kappa shape index (κ2) is 10.3. The SMILES string of the molecule is CCOC(=O)Cc1ccc(C(CN2C(=O)c3ccccc3C2=O)C(=O)Nc2cc3ccncc3s2)cc1. The molecule has 0 spiro atoms. The molecule has 1 aliphatic rings. The number of fused-ring (bicyclic) bond motifs is 2. The number of esters is 1. The van der Waals surface area contributed by atoms with Gasteiger partial charge in [-0.2, -0.15) is 0 Å². The van der Waals surface area contributed by atoms with Gasteiger partial charge >= 0.3 is 5.97 Å². The van der Waals surface area contributed by atoms with Crippen molar-refractivity contribution in [2.45, 2.75) is 19.3 Å². The summed E-state index contributed by atoms with van der Waals surface area (Å²) in [5.41, 5.74) is 2.01. The van der Waals surface area contributed by atoms with Crippen molar-refractivity contribution >= 4 is 50.1 Å². The number of hydrogen-bond acceptors (Lipinski definition) is 7. The van der Waals surface area contributed by atoms with Gasteiger partial charge < -0.3 is 10.1 Å². The van der Waals surface area contributed by atoms with E-state index in [-0.39, 0.29) is 24.8 Å². The van der Waals surface area contributed by atoms with E-state index in [0.29, 0.717) is 28.3 Å². The maximum absolute atomic E-state index is 13.6. The number of thiophene rings is 1. The van der Waals surface area contributed by atoms with Gasteiger partial charge in [-0.1, -0.05) is 36.4 Å². The molecule has 186 valence electrons. The monoisotopic (exact) mass is 513 g/mol. The highest BCUT2D eigenvalue weighted by Crippen LogP contribution is 2.31. The second-order valence-corrected chi connectivity index (χ2v) is 9.64. The van der Waals surface area contributed by atoms with E-state index in [0.717, 1.165) is 20.5 Å². The van der Waals surface area contributed by atoms with E-state index < -0.39 is 17.7 Å². The molecule has 0 fully saturated rings. The lowest BCUT2D eigenvalue weighted by molar-refractivity contribution is -0.142. The topological polar surface area (TPSA) is 106 Å². The van der Waals surface area contributed by atoms with Crippen LogP contribution in [-0.4, -0.2) is 46.7 Å². The number of imide groups is 1. The van der Waals surface area contributed by atoms with E-state index in [1.54, 1.807) is 67.8 Å². The summed E-state index contributed by atoms with van der Waals surface area (Å²) < 4.78 is 5.94. The third-order valence-electron chi connectivity index (χ3n) is 6.17. The minimum absolute atomic E-state index is 0.110. The van der Waals surface area contributed by atoms with Crippen molar-refractivity contribution < 1.29 is 23.9 Å². The Hall–Kier alpha value is -4.37. The van der Waals surface area contributed by atoms with E-state index in [1.807, 2.05) is 12.1 Å². The molecule has 5 rings (SSSR count). The van der Waals surface area contributed by atoms with Crippen molar-refractivity contribution in [3.63, 3.8) is 0 Å². The van der Waals surface area contributed by atoms with Gasteiger partial charge in [0, 0.05) is 18.9 Å². The summed E-state index contributed by atoms with van der Waals surface area (Å²) in [5.74, 6) is -2.37. The highest BCUT2D eigenvalue weighted by Gasteiger charge is 2.38. The predicted molar refractivity (Wildman–Crippen MR) is 140 cm³/mol. The fraction of sp³-hybridized carbons (Fsp3) is 0.179. The quantitative estimate of drug-likeness (QED) is 0.276. The highest BCUT2D eigenvalue weighted by atomic mass is 32.1. The van der Waals surface area contributed by atoms with Crippen molar-refractivity contribution in [3.8, 4) is 0 Å². The fourth-order valence-electron chi connectivity index (χ4n) is 4.33. The molecule has 0 saturated heterocycles. The van der Waals surface area contributed by atoms with Crippen LogP contribution in [0.15, 0.2) is 73.1 Å². The molecule has 0 saturated carbocycles. The zero-order valence-corrected chi connectivity index (χ0v) is 20.8. The molecule has 0 radical (unpaired) electrons. The highest BCUT2D eigenvalue weighted by molar-refractivity contribution is 7.22. The number of hydrogen-bond donors (Lipinski definition) is 1. The van der Waals surface area contributed by atoms with Crippen molar-refractivity contribution in [2.75, 3.05) is 18.5 Å². The van der Waals surface area contributed by atoms with Crippen molar-refractivity contribution in [1.82, 2.24) is 9.88 Å². The zero-order chi connectivity index (χ0) is 25.9. The molecule has 0 aliphatic carbocycles. The van der Waals surface area contributed by atoms with Gasteiger partial charge in [-0.15, -0.1) is 11.3 Å². The molecule has 2 aromatic heterocycles.